The van der Waals surface area contributed by atoms with E-state index in [0.29, 0.717) is 13.1 Å². The van der Waals surface area contributed by atoms with Gasteiger partial charge in [-0.25, -0.2) is 4.79 Å². The van der Waals surface area contributed by atoms with Crippen LogP contribution in [0, 0.1) is 0 Å². The van der Waals surface area contributed by atoms with Gasteiger partial charge in [0.2, 0.25) is 0 Å². The molecule has 2 aliphatic rings. The van der Waals surface area contributed by atoms with Crippen LogP contribution in [-0.2, 0) is 4.74 Å². The predicted octanol–water partition coefficient (Wildman–Crippen LogP) is 0.423. The number of carbonyl (C=O) groups excluding carboxylic acids is 1. The molecule has 2 rings (SSSR count). The Morgan fingerprint density at radius 1 is 1.15 bits per heavy atom. The first-order valence-corrected chi connectivity index (χ1v) is 7.34. The van der Waals surface area contributed by atoms with Crippen LogP contribution in [0.2, 0.25) is 0 Å². The number of piperidine rings is 1. The van der Waals surface area contributed by atoms with Crippen molar-refractivity contribution in [1.82, 2.24) is 9.80 Å². The average molecular weight is 286 g/mol. The molecular formula is C14H26N2O4. The average Bonchev–Trinajstić information content (AvgIpc) is 2.70. The van der Waals surface area contributed by atoms with Gasteiger partial charge in [0, 0.05) is 19.6 Å². The van der Waals surface area contributed by atoms with Crippen LogP contribution in [0.15, 0.2) is 0 Å². The van der Waals surface area contributed by atoms with Crippen LogP contribution in [0.25, 0.3) is 0 Å². The molecule has 0 aromatic heterocycles. The van der Waals surface area contributed by atoms with Gasteiger partial charge in [-0.3, -0.25) is 4.90 Å². The number of carbonyl (C=O) groups is 1. The predicted molar refractivity (Wildman–Crippen MR) is 74.4 cm³/mol. The van der Waals surface area contributed by atoms with E-state index < -0.39 is 11.7 Å². The molecular weight excluding hydrogens is 260 g/mol. The van der Waals surface area contributed by atoms with E-state index in [1.54, 1.807) is 4.90 Å². The number of ether oxygens (including phenoxy) is 1. The number of aliphatic hydroxyl groups is 2. The molecule has 0 aromatic rings. The Labute approximate surface area is 120 Å². The summed E-state index contributed by atoms with van der Waals surface area (Å²) in [7, 11) is 0. The molecule has 0 radical (unpaired) electrons. The second kappa shape index (κ2) is 5.87. The van der Waals surface area contributed by atoms with E-state index in [9.17, 15) is 15.0 Å². The Morgan fingerprint density at radius 3 is 2.30 bits per heavy atom. The fourth-order valence-electron chi connectivity index (χ4n) is 2.82. The van der Waals surface area contributed by atoms with E-state index in [2.05, 4.69) is 4.90 Å². The van der Waals surface area contributed by atoms with E-state index in [1.165, 1.54) is 0 Å². The van der Waals surface area contributed by atoms with Crippen LogP contribution in [0.3, 0.4) is 0 Å². The molecule has 2 atom stereocenters. The molecule has 2 heterocycles. The third-order valence-electron chi connectivity index (χ3n) is 3.88. The summed E-state index contributed by atoms with van der Waals surface area (Å²) in [6.07, 6.45) is 0.325. The normalized spacial score (nSPS) is 29.8. The summed E-state index contributed by atoms with van der Waals surface area (Å²) >= 11 is 0. The SMILES string of the molecule is CC(C)(C)OC(=O)N1C[C@@H](O)[C@H](N2CCC(O)CC2)C1. The van der Waals surface area contributed by atoms with Gasteiger partial charge in [-0.1, -0.05) is 0 Å². The van der Waals surface area contributed by atoms with Crippen molar-refractivity contribution in [2.24, 2.45) is 0 Å². The van der Waals surface area contributed by atoms with Gasteiger partial charge in [0.1, 0.15) is 5.60 Å². The van der Waals surface area contributed by atoms with E-state index >= 15 is 0 Å². The summed E-state index contributed by atoms with van der Waals surface area (Å²) in [5.41, 5.74) is -0.518. The number of β-amino-alcohol motifs (C(OH)–C–C–N with tert-alkyl or cyclic N) is 1. The number of aliphatic hydroxyl groups excluding tert-OH is 2. The van der Waals surface area contributed by atoms with Crippen molar-refractivity contribution >= 4 is 6.09 Å². The molecule has 0 bridgehead atoms. The molecule has 6 heteroatoms. The summed E-state index contributed by atoms with van der Waals surface area (Å²) in [5.74, 6) is 0. The Morgan fingerprint density at radius 2 is 1.75 bits per heavy atom. The monoisotopic (exact) mass is 286 g/mol. The van der Waals surface area contributed by atoms with Crippen LogP contribution in [0.4, 0.5) is 4.79 Å². The minimum atomic E-state index is -0.544. The second-order valence-corrected chi connectivity index (χ2v) is 6.79. The highest BCUT2D eigenvalue weighted by Crippen LogP contribution is 2.22. The van der Waals surface area contributed by atoms with Crippen LogP contribution in [0.1, 0.15) is 33.6 Å². The number of amides is 1. The number of nitrogens with zero attached hydrogens (tertiary/aromatic N) is 2. The van der Waals surface area contributed by atoms with Gasteiger partial charge in [-0.05, 0) is 33.6 Å². The van der Waals surface area contributed by atoms with Crippen LogP contribution >= 0.6 is 0 Å². The lowest BCUT2D eigenvalue weighted by atomic mass is 10.0. The molecule has 2 N–H and O–H groups in total. The molecule has 6 nitrogen and oxygen atoms in total. The molecule has 2 saturated heterocycles. The number of hydrogen-bond acceptors (Lipinski definition) is 5. The van der Waals surface area contributed by atoms with Gasteiger partial charge in [-0.2, -0.15) is 0 Å². The highest BCUT2D eigenvalue weighted by molar-refractivity contribution is 5.68. The molecule has 1 amide bonds. The second-order valence-electron chi connectivity index (χ2n) is 6.79. The fraction of sp³-hybridized carbons (Fsp3) is 0.929. The number of likely N-dealkylation sites (tertiary alicyclic amines) is 2. The Balaban J connectivity index is 1.90. The lowest BCUT2D eigenvalue weighted by molar-refractivity contribution is 0.0251. The molecule has 0 unspecified atom stereocenters. The molecule has 0 spiro atoms. The lowest BCUT2D eigenvalue weighted by Crippen LogP contribution is -2.48. The van der Waals surface area contributed by atoms with Gasteiger partial charge in [-0.15, -0.1) is 0 Å². The Kier molecular flexibility index (Phi) is 4.56. The number of hydrogen-bond donors (Lipinski definition) is 2. The zero-order valence-electron chi connectivity index (χ0n) is 12.6. The third kappa shape index (κ3) is 3.84. The van der Waals surface area contributed by atoms with Crippen LogP contribution in [-0.4, -0.2) is 76.1 Å². The van der Waals surface area contributed by atoms with E-state index in [1.807, 2.05) is 20.8 Å². The van der Waals surface area contributed by atoms with Gasteiger partial charge in [0.15, 0.2) is 0 Å². The zero-order valence-corrected chi connectivity index (χ0v) is 12.6. The van der Waals surface area contributed by atoms with Crippen molar-refractivity contribution in [2.75, 3.05) is 26.2 Å². The Hall–Kier alpha value is -0.850. The third-order valence-corrected chi connectivity index (χ3v) is 3.88. The van der Waals surface area contributed by atoms with Crippen LogP contribution in [0.5, 0.6) is 0 Å². The van der Waals surface area contributed by atoms with Crippen LogP contribution < -0.4 is 0 Å². The summed E-state index contributed by atoms with van der Waals surface area (Å²) in [5, 5.41) is 19.7. The smallest absolute Gasteiger partial charge is 0.410 e. The first-order valence-electron chi connectivity index (χ1n) is 7.34. The first kappa shape index (κ1) is 15.5. The van der Waals surface area contributed by atoms with Crippen molar-refractivity contribution in [3.8, 4) is 0 Å². The van der Waals surface area contributed by atoms with Gasteiger partial charge in [0.05, 0.1) is 24.8 Å². The molecule has 116 valence electrons. The highest BCUT2D eigenvalue weighted by atomic mass is 16.6. The van der Waals surface area contributed by atoms with E-state index in [4.69, 9.17) is 4.74 Å². The summed E-state index contributed by atoms with van der Waals surface area (Å²) in [4.78, 5) is 15.8. The van der Waals surface area contributed by atoms with E-state index in [-0.39, 0.29) is 18.2 Å². The standard InChI is InChI=1S/C14H26N2O4/c1-14(2,3)20-13(19)16-8-11(12(18)9-16)15-6-4-10(17)5-7-15/h10-12,17-18H,4-9H2,1-3H3/t11-,12-/m1/s1. The topological polar surface area (TPSA) is 73.2 Å². The van der Waals surface area contributed by atoms with E-state index in [0.717, 1.165) is 25.9 Å². The summed E-state index contributed by atoms with van der Waals surface area (Å²) in [6.45, 7) is 7.85. The molecule has 20 heavy (non-hydrogen) atoms. The Bertz CT molecular complexity index is 348. The highest BCUT2D eigenvalue weighted by Gasteiger charge is 2.40. The first-order chi connectivity index (χ1) is 9.26. The number of rotatable bonds is 1. The fourth-order valence-corrected chi connectivity index (χ4v) is 2.82. The maximum atomic E-state index is 12.0. The van der Waals surface area contributed by atoms with Crippen molar-refractivity contribution < 1.29 is 19.7 Å². The van der Waals surface area contributed by atoms with Crippen molar-refractivity contribution in [1.29, 1.82) is 0 Å². The van der Waals surface area contributed by atoms with Crippen molar-refractivity contribution in [3.63, 3.8) is 0 Å². The molecule has 0 aliphatic carbocycles. The molecule has 0 saturated carbocycles. The summed E-state index contributed by atoms with van der Waals surface area (Å²) in [6, 6.07) is -0.0463. The molecule has 2 aliphatic heterocycles. The molecule has 0 aromatic carbocycles. The van der Waals surface area contributed by atoms with Crippen molar-refractivity contribution in [3.05, 3.63) is 0 Å². The quantitative estimate of drug-likeness (QED) is 0.731. The minimum absolute atomic E-state index is 0.0463. The van der Waals surface area contributed by atoms with Gasteiger partial charge >= 0.3 is 6.09 Å². The summed E-state index contributed by atoms with van der Waals surface area (Å²) < 4.78 is 5.34. The zero-order chi connectivity index (χ0) is 14.9. The largest absolute Gasteiger partial charge is 0.444 e. The molecule has 2 fully saturated rings. The lowest BCUT2D eigenvalue weighted by Gasteiger charge is -2.35. The maximum Gasteiger partial charge on any atom is 0.410 e. The van der Waals surface area contributed by atoms with Gasteiger partial charge < -0.3 is 19.8 Å². The maximum absolute atomic E-state index is 12.0. The minimum Gasteiger partial charge on any atom is -0.444 e. The van der Waals surface area contributed by atoms with Gasteiger partial charge in [0.25, 0.3) is 0 Å². The van der Waals surface area contributed by atoms with Crippen molar-refractivity contribution in [2.45, 2.75) is 57.5 Å².